The summed E-state index contributed by atoms with van der Waals surface area (Å²) in [6.45, 7) is 1.28. The van der Waals surface area contributed by atoms with Crippen molar-refractivity contribution >= 4 is 27.5 Å². The highest BCUT2D eigenvalue weighted by Gasteiger charge is 2.21. The van der Waals surface area contributed by atoms with Gasteiger partial charge in [0.15, 0.2) is 0 Å². The minimum absolute atomic E-state index is 0.0417. The molecule has 1 aromatic heterocycles. The number of rotatable bonds is 5. The first-order chi connectivity index (χ1) is 9.11. The highest BCUT2D eigenvalue weighted by molar-refractivity contribution is 9.10. The molecule has 3 nitrogen and oxygen atoms in total. The van der Waals surface area contributed by atoms with Crippen LogP contribution in [-0.4, -0.2) is 18.5 Å². The molecule has 2 rings (SSSR count). The molecule has 102 valence electrons. The summed E-state index contributed by atoms with van der Waals surface area (Å²) in [6, 6.07) is 9.75. The van der Waals surface area contributed by atoms with Crippen LogP contribution >= 0.6 is 27.5 Å². The first kappa shape index (κ1) is 14.6. The summed E-state index contributed by atoms with van der Waals surface area (Å²) in [5.41, 5.74) is 7.06. The Balaban J connectivity index is 2.11. The lowest BCUT2D eigenvalue weighted by Crippen LogP contribution is -2.30. The fraction of sp³-hybridized carbons (Fsp3) is 0.286. The molecule has 5 heteroatoms. The number of benzene rings is 1. The van der Waals surface area contributed by atoms with E-state index in [0.717, 1.165) is 21.8 Å². The van der Waals surface area contributed by atoms with E-state index < -0.39 is 0 Å². The van der Waals surface area contributed by atoms with Gasteiger partial charge in [0.1, 0.15) is 5.76 Å². The second-order valence-corrected chi connectivity index (χ2v) is 5.72. The van der Waals surface area contributed by atoms with Crippen molar-refractivity contribution in [1.29, 1.82) is 0 Å². The largest absolute Gasteiger partial charge is 0.466 e. The van der Waals surface area contributed by atoms with Gasteiger partial charge in [0.2, 0.25) is 0 Å². The molecule has 1 unspecified atom stereocenters. The van der Waals surface area contributed by atoms with Crippen LogP contribution in [0, 0.1) is 0 Å². The van der Waals surface area contributed by atoms with E-state index in [1.165, 1.54) is 5.56 Å². The van der Waals surface area contributed by atoms with Crippen molar-refractivity contribution in [3.05, 3.63) is 57.4 Å². The van der Waals surface area contributed by atoms with Crippen molar-refractivity contribution in [3.8, 4) is 0 Å². The summed E-state index contributed by atoms with van der Waals surface area (Å²) < 4.78 is 6.46. The third kappa shape index (κ3) is 3.60. The fourth-order valence-corrected chi connectivity index (χ4v) is 2.61. The third-order valence-corrected chi connectivity index (χ3v) is 3.96. The third-order valence-electron chi connectivity index (χ3n) is 3.05. The highest BCUT2D eigenvalue weighted by atomic mass is 79.9. The number of halogens is 2. The van der Waals surface area contributed by atoms with Crippen LogP contribution in [0.5, 0.6) is 0 Å². The molecule has 0 bridgehead atoms. The lowest BCUT2D eigenvalue weighted by Gasteiger charge is -2.25. The Bertz CT molecular complexity index is 526. The molecule has 2 aromatic rings. The highest BCUT2D eigenvalue weighted by Crippen LogP contribution is 2.28. The molecule has 0 aliphatic carbocycles. The molecule has 0 saturated heterocycles. The van der Waals surface area contributed by atoms with E-state index in [9.17, 15) is 0 Å². The van der Waals surface area contributed by atoms with Crippen molar-refractivity contribution in [2.24, 2.45) is 5.73 Å². The summed E-state index contributed by atoms with van der Waals surface area (Å²) in [6.07, 6.45) is 1.66. The van der Waals surface area contributed by atoms with Gasteiger partial charge in [-0.05, 0) is 46.7 Å². The standard InChI is InChI=1S/C14H16BrClN2O/c1-18(9-10-2-4-11(16)5-3-10)13(8-17)14-12(15)6-7-19-14/h2-7,13H,8-9,17H2,1H3. The maximum Gasteiger partial charge on any atom is 0.136 e. The first-order valence-corrected chi connectivity index (χ1v) is 7.16. The normalized spacial score (nSPS) is 12.9. The van der Waals surface area contributed by atoms with E-state index in [1.807, 2.05) is 37.4 Å². The van der Waals surface area contributed by atoms with Crippen LogP contribution in [0.25, 0.3) is 0 Å². The van der Waals surface area contributed by atoms with Gasteiger partial charge in [-0.15, -0.1) is 0 Å². The van der Waals surface area contributed by atoms with Crippen LogP contribution in [0.15, 0.2) is 45.5 Å². The maximum atomic E-state index is 5.89. The molecule has 1 heterocycles. The molecule has 1 atom stereocenters. The quantitative estimate of drug-likeness (QED) is 0.897. The van der Waals surface area contributed by atoms with Gasteiger partial charge in [-0.2, -0.15) is 0 Å². The topological polar surface area (TPSA) is 42.4 Å². The Labute approximate surface area is 126 Å². The second-order valence-electron chi connectivity index (χ2n) is 4.43. The summed E-state index contributed by atoms with van der Waals surface area (Å²) >= 11 is 9.36. The smallest absolute Gasteiger partial charge is 0.136 e. The monoisotopic (exact) mass is 342 g/mol. The molecule has 19 heavy (non-hydrogen) atoms. The van der Waals surface area contributed by atoms with E-state index in [4.69, 9.17) is 21.8 Å². The lowest BCUT2D eigenvalue weighted by molar-refractivity contribution is 0.212. The zero-order valence-electron chi connectivity index (χ0n) is 10.6. The Morgan fingerprint density at radius 3 is 2.53 bits per heavy atom. The van der Waals surface area contributed by atoms with Crippen LogP contribution in [0.4, 0.5) is 0 Å². The van der Waals surface area contributed by atoms with E-state index in [0.29, 0.717) is 6.54 Å². The van der Waals surface area contributed by atoms with Gasteiger partial charge in [-0.25, -0.2) is 0 Å². The Morgan fingerprint density at radius 2 is 2.00 bits per heavy atom. The SMILES string of the molecule is CN(Cc1ccc(Cl)cc1)C(CN)c1occc1Br. The molecule has 0 saturated carbocycles. The number of likely N-dealkylation sites (N-methyl/N-ethyl adjacent to an activating group) is 1. The molecule has 0 spiro atoms. The van der Waals surface area contributed by atoms with E-state index in [2.05, 4.69) is 20.8 Å². The molecule has 2 N–H and O–H groups in total. The summed E-state index contributed by atoms with van der Waals surface area (Å²) in [7, 11) is 2.03. The lowest BCUT2D eigenvalue weighted by atomic mass is 10.1. The van der Waals surface area contributed by atoms with Crippen molar-refractivity contribution in [1.82, 2.24) is 4.90 Å². The average molecular weight is 344 g/mol. The number of hydrogen-bond acceptors (Lipinski definition) is 3. The van der Waals surface area contributed by atoms with E-state index >= 15 is 0 Å². The van der Waals surface area contributed by atoms with Crippen molar-refractivity contribution in [3.63, 3.8) is 0 Å². The number of furan rings is 1. The second kappa shape index (κ2) is 6.57. The maximum absolute atomic E-state index is 5.89. The van der Waals surface area contributed by atoms with Crippen LogP contribution in [0.1, 0.15) is 17.4 Å². The molecule has 0 aliphatic rings. The number of nitrogens with zero attached hydrogens (tertiary/aromatic N) is 1. The summed E-state index contributed by atoms with van der Waals surface area (Å²) in [5.74, 6) is 0.860. The Hall–Kier alpha value is -0.810. The molecule has 0 radical (unpaired) electrons. The fourth-order valence-electron chi connectivity index (χ4n) is 2.02. The number of hydrogen-bond donors (Lipinski definition) is 1. The summed E-state index contributed by atoms with van der Waals surface area (Å²) in [5, 5.41) is 0.746. The van der Waals surface area contributed by atoms with Crippen molar-refractivity contribution < 1.29 is 4.42 Å². The molecular formula is C14H16BrClN2O. The first-order valence-electron chi connectivity index (χ1n) is 5.99. The zero-order chi connectivity index (χ0) is 13.8. The van der Waals surface area contributed by atoms with Crippen molar-refractivity contribution in [2.45, 2.75) is 12.6 Å². The van der Waals surface area contributed by atoms with Gasteiger partial charge < -0.3 is 10.2 Å². The molecular weight excluding hydrogens is 328 g/mol. The zero-order valence-corrected chi connectivity index (χ0v) is 13.0. The molecule has 1 aromatic carbocycles. The van der Waals surface area contributed by atoms with Crippen LogP contribution in [0.3, 0.4) is 0 Å². The molecule has 0 aliphatic heterocycles. The number of nitrogens with two attached hydrogens (primary N) is 1. The predicted molar refractivity (Wildman–Crippen MR) is 81.1 cm³/mol. The van der Waals surface area contributed by atoms with Gasteiger partial charge in [-0.1, -0.05) is 23.7 Å². The molecule has 0 amide bonds. The van der Waals surface area contributed by atoms with Crippen LogP contribution in [0.2, 0.25) is 5.02 Å². The van der Waals surface area contributed by atoms with Crippen molar-refractivity contribution in [2.75, 3.05) is 13.6 Å². The summed E-state index contributed by atoms with van der Waals surface area (Å²) in [4.78, 5) is 2.16. The van der Waals surface area contributed by atoms with Gasteiger partial charge in [0.05, 0.1) is 16.8 Å². The van der Waals surface area contributed by atoms with E-state index in [1.54, 1.807) is 6.26 Å². The van der Waals surface area contributed by atoms with Crippen LogP contribution < -0.4 is 5.73 Å². The predicted octanol–water partition coefficient (Wildman–Crippen LogP) is 3.83. The Morgan fingerprint density at radius 1 is 1.32 bits per heavy atom. The minimum atomic E-state index is 0.0417. The van der Waals surface area contributed by atoms with E-state index in [-0.39, 0.29) is 6.04 Å². The average Bonchev–Trinajstić information content (AvgIpc) is 2.80. The van der Waals surface area contributed by atoms with Crippen LogP contribution in [-0.2, 0) is 6.54 Å². The van der Waals surface area contributed by atoms with Gasteiger partial charge in [0.25, 0.3) is 0 Å². The van der Waals surface area contributed by atoms with Gasteiger partial charge >= 0.3 is 0 Å². The van der Waals surface area contributed by atoms with Gasteiger partial charge in [-0.3, -0.25) is 4.90 Å². The Kier molecular flexibility index (Phi) is 5.05. The molecule has 0 fully saturated rings. The minimum Gasteiger partial charge on any atom is -0.466 e. The van der Waals surface area contributed by atoms with Gasteiger partial charge in [0, 0.05) is 18.1 Å².